The highest BCUT2D eigenvalue weighted by Gasteiger charge is 2.19. The van der Waals surface area contributed by atoms with Crippen LogP contribution in [-0.2, 0) is 15.1 Å². The van der Waals surface area contributed by atoms with Gasteiger partial charge < -0.3 is 24.4 Å². The van der Waals surface area contributed by atoms with Crippen LogP contribution in [0.25, 0.3) is 0 Å². The quantitative estimate of drug-likeness (QED) is 0.427. The molecule has 7 heteroatoms. The van der Waals surface area contributed by atoms with E-state index in [0.717, 1.165) is 18.5 Å². The third kappa shape index (κ3) is 7.39. The Bertz CT molecular complexity index is 703. The first kappa shape index (κ1) is 22.6. The molecular weight excluding hydrogens is 392 g/mol. The summed E-state index contributed by atoms with van der Waals surface area (Å²) in [5, 5.41) is 7.69. The third-order valence-corrected chi connectivity index (χ3v) is 5.42. The average Bonchev–Trinajstić information content (AvgIpc) is 3.22. The van der Waals surface area contributed by atoms with E-state index in [1.165, 1.54) is 5.69 Å². The smallest absolute Gasteiger partial charge is 0.262 e. The molecule has 1 aromatic carbocycles. The standard InChI is InChI=1S/C21H30N2O3S2/c1-21(2,24-4)17-6-8-19(9-7-17)26-20(27)22-11-5-13-25-14-12-23(3)18-10-15-28-16-18/h6-10,15-16H,5,11-14H2,1-4H3,(H,22,27). The molecule has 0 unspecified atom stereocenters. The molecule has 2 rings (SSSR count). The van der Waals surface area contributed by atoms with Gasteiger partial charge in [0.2, 0.25) is 0 Å². The fraction of sp³-hybridized carbons (Fsp3) is 0.476. The zero-order valence-corrected chi connectivity index (χ0v) is 18.7. The van der Waals surface area contributed by atoms with Gasteiger partial charge in [0.1, 0.15) is 5.75 Å². The van der Waals surface area contributed by atoms with Gasteiger partial charge in [0.15, 0.2) is 0 Å². The van der Waals surface area contributed by atoms with Gasteiger partial charge in [-0.2, -0.15) is 11.3 Å². The molecular formula is C21H30N2O3S2. The molecule has 1 heterocycles. The number of anilines is 1. The summed E-state index contributed by atoms with van der Waals surface area (Å²) in [7, 11) is 3.78. The lowest BCUT2D eigenvalue weighted by atomic mass is 9.98. The number of nitrogens with one attached hydrogen (secondary N) is 1. The predicted molar refractivity (Wildman–Crippen MR) is 121 cm³/mol. The molecule has 0 bridgehead atoms. The Morgan fingerprint density at radius 2 is 1.93 bits per heavy atom. The van der Waals surface area contributed by atoms with E-state index in [2.05, 4.69) is 34.1 Å². The van der Waals surface area contributed by atoms with Gasteiger partial charge in [-0.1, -0.05) is 12.1 Å². The van der Waals surface area contributed by atoms with Gasteiger partial charge >= 0.3 is 0 Å². The molecule has 1 aromatic heterocycles. The molecule has 0 atom stereocenters. The van der Waals surface area contributed by atoms with Gasteiger partial charge in [-0.3, -0.25) is 0 Å². The molecule has 5 nitrogen and oxygen atoms in total. The first-order valence-corrected chi connectivity index (χ1v) is 10.7. The Balaban J connectivity index is 1.56. The minimum Gasteiger partial charge on any atom is -0.432 e. The molecule has 0 aliphatic heterocycles. The Morgan fingerprint density at radius 1 is 1.18 bits per heavy atom. The molecule has 0 saturated carbocycles. The SMILES string of the molecule is COC(C)(C)c1ccc(OC(=S)NCCCOCCN(C)c2ccsc2)cc1. The van der Waals surface area contributed by atoms with Crippen LogP contribution in [0.2, 0.25) is 0 Å². The van der Waals surface area contributed by atoms with Crippen LogP contribution in [0.4, 0.5) is 5.69 Å². The molecule has 0 saturated heterocycles. The summed E-state index contributed by atoms with van der Waals surface area (Å²) in [4.78, 5) is 2.19. The lowest BCUT2D eigenvalue weighted by molar-refractivity contribution is 0.0192. The van der Waals surface area contributed by atoms with Crippen LogP contribution in [0.15, 0.2) is 41.1 Å². The summed E-state index contributed by atoms with van der Waals surface area (Å²) < 4.78 is 16.8. The molecule has 0 radical (unpaired) electrons. The van der Waals surface area contributed by atoms with Crippen molar-refractivity contribution in [2.24, 2.45) is 0 Å². The van der Waals surface area contributed by atoms with Crippen LogP contribution >= 0.6 is 23.6 Å². The number of hydrogen-bond acceptors (Lipinski definition) is 6. The number of hydrogen-bond donors (Lipinski definition) is 1. The van der Waals surface area contributed by atoms with Gasteiger partial charge in [-0.15, -0.1) is 0 Å². The molecule has 1 N–H and O–H groups in total. The highest BCUT2D eigenvalue weighted by molar-refractivity contribution is 7.80. The van der Waals surface area contributed by atoms with Gasteiger partial charge in [0, 0.05) is 44.9 Å². The number of benzene rings is 1. The van der Waals surface area contributed by atoms with Crippen LogP contribution < -0.4 is 15.0 Å². The highest BCUT2D eigenvalue weighted by atomic mass is 32.1. The molecule has 0 aliphatic carbocycles. The number of methoxy groups -OCH3 is 1. The number of thiophene rings is 1. The maximum Gasteiger partial charge on any atom is 0.262 e. The summed E-state index contributed by atoms with van der Waals surface area (Å²) in [5.41, 5.74) is 2.00. The van der Waals surface area contributed by atoms with E-state index in [1.54, 1.807) is 18.4 Å². The summed E-state index contributed by atoms with van der Waals surface area (Å²) in [6.45, 7) is 7.04. The fourth-order valence-corrected chi connectivity index (χ4v) is 3.35. The highest BCUT2D eigenvalue weighted by Crippen LogP contribution is 2.25. The Kier molecular flexibility index (Phi) is 9.18. The van der Waals surface area contributed by atoms with Gasteiger partial charge in [-0.25, -0.2) is 0 Å². The van der Waals surface area contributed by atoms with Gasteiger partial charge in [-0.05, 0) is 61.6 Å². The van der Waals surface area contributed by atoms with E-state index in [9.17, 15) is 0 Å². The van der Waals surface area contributed by atoms with Crippen molar-refractivity contribution >= 4 is 34.4 Å². The molecule has 154 valence electrons. The largest absolute Gasteiger partial charge is 0.432 e. The third-order valence-electron chi connectivity index (χ3n) is 4.52. The lowest BCUT2D eigenvalue weighted by Gasteiger charge is -2.23. The van der Waals surface area contributed by atoms with Gasteiger partial charge in [0.05, 0.1) is 12.2 Å². The molecule has 0 amide bonds. The second-order valence-corrected chi connectivity index (χ2v) is 8.07. The molecule has 0 aliphatic rings. The van der Waals surface area contributed by atoms with Crippen molar-refractivity contribution in [2.75, 3.05) is 45.4 Å². The van der Waals surface area contributed by atoms with Crippen molar-refractivity contribution in [2.45, 2.75) is 25.9 Å². The monoisotopic (exact) mass is 422 g/mol. The van der Waals surface area contributed by atoms with E-state index in [4.69, 9.17) is 26.4 Å². The lowest BCUT2D eigenvalue weighted by Crippen LogP contribution is -2.28. The van der Waals surface area contributed by atoms with E-state index in [-0.39, 0.29) is 5.60 Å². The van der Waals surface area contributed by atoms with Crippen molar-refractivity contribution in [1.29, 1.82) is 0 Å². The Hall–Kier alpha value is -1.67. The van der Waals surface area contributed by atoms with E-state index < -0.39 is 0 Å². The summed E-state index contributed by atoms with van der Waals surface area (Å²) in [6.07, 6.45) is 0.868. The van der Waals surface area contributed by atoms with E-state index in [0.29, 0.717) is 30.7 Å². The minimum atomic E-state index is -0.324. The number of likely N-dealkylation sites (N-methyl/N-ethyl adjacent to an activating group) is 1. The second-order valence-electron chi connectivity index (χ2n) is 6.92. The number of thiocarbonyl (C=S) groups is 1. The van der Waals surface area contributed by atoms with Crippen LogP contribution in [0.3, 0.4) is 0 Å². The van der Waals surface area contributed by atoms with Crippen LogP contribution in [0.5, 0.6) is 5.75 Å². The normalized spacial score (nSPS) is 11.3. The van der Waals surface area contributed by atoms with Crippen molar-refractivity contribution in [3.05, 3.63) is 46.7 Å². The zero-order chi connectivity index (χ0) is 20.4. The molecule has 0 spiro atoms. The predicted octanol–water partition coefficient (Wildman–Crippen LogP) is 4.43. The van der Waals surface area contributed by atoms with Crippen molar-refractivity contribution in [3.8, 4) is 5.75 Å². The van der Waals surface area contributed by atoms with Gasteiger partial charge in [0.25, 0.3) is 5.17 Å². The second kappa shape index (κ2) is 11.4. The fourth-order valence-electron chi connectivity index (χ4n) is 2.46. The summed E-state index contributed by atoms with van der Waals surface area (Å²) in [6, 6.07) is 9.89. The summed E-state index contributed by atoms with van der Waals surface area (Å²) >= 11 is 6.94. The first-order chi connectivity index (χ1) is 13.4. The van der Waals surface area contributed by atoms with Crippen LogP contribution in [0.1, 0.15) is 25.8 Å². The van der Waals surface area contributed by atoms with E-state index >= 15 is 0 Å². The van der Waals surface area contributed by atoms with Crippen LogP contribution in [-0.4, -0.2) is 45.6 Å². The van der Waals surface area contributed by atoms with Crippen molar-refractivity contribution < 1.29 is 14.2 Å². The number of nitrogens with zero attached hydrogens (tertiary/aromatic N) is 1. The minimum absolute atomic E-state index is 0.324. The number of ether oxygens (including phenoxy) is 3. The maximum absolute atomic E-state index is 5.68. The van der Waals surface area contributed by atoms with Crippen LogP contribution in [0, 0.1) is 0 Å². The summed E-state index contributed by atoms with van der Waals surface area (Å²) in [5.74, 6) is 0.709. The average molecular weight is 423 g/mol. The van der Waals surface area contributed by atoms with Crippen molar-refractivity contribution in [3.63, 3.8) is 0 Å². The first-order valence-electron chi connectivity index (χ1n) is 9.35. The zero-order valence-electron chi connectivity index (χ0n) is 17.1. The maximum atomic E-state index is 5.68. The topological polar surface area (TPSA) is 43.0 Å². The Morgan fingerprint density at radius 3 is 2.57 bits per heavy atom. The molecule has 2 aromatic rings. The van der Waals surface area contributed by atoms with E-state index in [1.807, 2.05) is 38.1 Å². The molecule has 0 fully saturated rings. The molecule has 28 heavy (non-hydrogen) atoms. The number of rotatable bonds is 11. The van der Waals surface area contributed by atoms with Crippen molar-refractivity contribution in [1.82, 2.24) is 5.32 Å². The Labute approximate surface area is 177 Å².